The molecule has 0 N–H and O–H groups in total. The number of rotatable bonds is 4. The monoisotopic (exact) mass is 731 g/mol. The van der Waals surface area contributed by atoms with Crippen LogP contribution in [0.1, 0.15) is 0 Å². The Hall–Kier alpha value is -7.21. The van der Waals surface area contributed by atoms with Gasteiger partial charge in [-0.2, -0.15) is 0 Å². The lowest BCUT2D eigenvalue weighted by Gasteiger charge is -2.12. The van der Waals surface area contributed by atoms with E-state index in [1.165, 1.54) is 47.8 Å². The Labute approximate surface area is 325 Å². The SMILES string of the molecule is c1ccc(-c2nc(-c3cccc4c3oc3cccc(-c5ccc6c7ccccc7c7ccccc7c6c5)c34)nc(-c3cccc4c3sc3ccccc34)n2)cc1. The van der Waals surface area contributed by atoms with Crippen LogP contribution in [0.25, 0.3) is 120 Å². The molecule has 56 heavy (non-hydrogen) atoms. The van der Waals surface area contributed by atoms with Crippen molar-refractivity contribution in [2.75, 3.05) is 0 Å². The standard InChI is InChI=1S/C51H29N3OS/c1-2-13-30(14-3-1)49-52-50(54-51(53-49)42-24-10-21-39-38-19-8-9-26-45(38)56-48(39)42)41-23-11-22-40-46-32(20-12-25-44(46)55-47(40)41)31-27-28-37-35-17-5-4-15-33(35)34-16-6-7-18-36(34)43(37)29-31/h1-29H. The Bertz CT molecular complexity index is 3510. The predicted octanol–water partition coefficient (Wildman–Crippen LogP) is 14.3. The molecule has 0 unspecified atom stereocenters. The van der Waals surface area contributed by atoms with Gasteiger partial charge in [0.1, 0.15) is 11.2 Å². The number of benzene rings is 9. The van der Waals surface area contributed by atoms with E-state index in [1.54, 1.807) is 11.3 Å². The first-order valence-corrected chi connectivity index (χ1v) is 19.6. The van der Waals surface area contributed by atoms with E-state index >= 15 is 0 Å². The van der Waals surface area contributed by atoms with Crippen LogP contribution in [0.3, 0.4) is 0 Å². The van der Waals surface area contributed by atoms with Crippen molar-refractivity contribution in [1.82, 2.24) is 15.0 Å². The van der Waals surface area contributed by atoms with Crippen LogP contribution in [0.4, 0.5) is 0 Å². The molecule has 12 rings (SSSR count). The molecule has 0 spiro atoms. The largest absolute Gasteiger partial charge is 0.455 e. The van der Waals surface area contributed by atoms with Gasteiger partial charge in [0.2, 0.25) is 0 Å². The number of hydrogen-bond donors (Lipinski definition) is 0. The maximum Gasteiger partial charge on any atom is 0.167 e. The zero-order chi connectivity index (χ0) is 36.7. The summed E-state index contributed by atoms with van der Waals surface area (Å²) in [5, 5.41) is 12.1. The van der Waals surface area contributed by atoms with Crippen molar-refractivity contribution in [3.8, 4) is 45.3 Å². The van der Waals surface area contributed by atoms with Gasteiger partial charge in [-0.3, -0.25) is 0 Å². The summed E-state index contributed by atoms with van der Waals surface area (Å²) >= 11 is 1.77. The van der Waals surface area contributed by atoms with Gasteiger partial charge < -0.3 is 4.42 Å². The minimum absolute atomic E-state index is 0.572. The van der Waals surface area contributed by atoms with E-state index in [-0.39, 0.29) is 0 Å². The van der Waals surface area contributed by atoms with E-state index in [0.29, 0.717) is 17.5 Å². The summed E-state index contributed by atoms with van der Waals surface area (Å²) in [5.41, 5.74) is 6.57. The molecule has 0 aliphatic carbocycles. The fourth-order valence-electron chi connectivity index (χ4n) is 8.60. The van der Waals surface area contributed by atoms with E-state index in [9.17, 15) is 0 Å². The molecule has 0 aliphatic rings. The molecule has 0 fully saturated rings. The van der Waals surface area contributed by atoms with Crippen LogP contribution in [0.15, 0.2) is 180 Å². The molecule has 0 saturated heterocycles. The van der Waals surface area contributed by atoms with Crippen molar-refractivity contribution >= 4 is 85.8 Å². The van der Waals surface area contributed by atoms with Gasteiger partial charge in [0.25, 0.3) is 0 Å². The van der Waals surface area contributed by atoms with E-state index in [0.717, 1.165) is 54.5 Å². The molecule has 4 nitrogen and oxygen atoms in total. The zero-order valence-corrected chi connectivity index (χ0v) is 30.7. The summed E-state index contributed by atoms with van der Waals surface area (Å²) in [6.45, 7) is 0. The number of fused-ring (bicyclic) bond motifs is 12. The Morgan fingerprint density at radius 1 is 0.357 bits per heavy atom. The summed E-state index contributed by atoms with van der Waals surface area (Å²) in [5.74, 6) is 1.83. The number of hydrogen-bond acceptors (Lipinski definition) is 5. The third-order valence-corrected chi connectivity index (χ3v) is 12.4. The Morgan fingerprint density at radius 2 is 0.911 bits per heavy atom. The quantitative estimate of drug-likeness (QED) is 0.169. The first kappa shape index (κ1) is 31.2. The van der Waals surface area contributed by atoms with E-state index in [2.05, 4.69) is 146 Å². The number of thiophene rings is 1. The molecule has 3 aromatic heterocycles. The number of para-hydroxylation sites is 1. The van der Waals surface area contributed by atoms with Crippen LogP contribution >= 0.6 is 11.3 Å². The van der Waals surface area contributed by atoms with Gasteiger partial charge in [0.05, 0.1) is 5.56 Å². The third-order valence-electron chi connectivity index (χ3n) is 11.1. The fraction of sp³-hybridized carbons (Fsp3) is 0. The highest BCUT2D eigenvalue weighted by molar-refractivity contribution is 7.26. The van der Waals surface area contributed by atoms with Crippen molar-refractivity contribution in [2.45, 2.75) is 0 Å². The summed E-state index contributed by atoms with van der Waals surface area (Å²) in [6, 6.07) is 62.1. The van der Waals surface area contributed by atoms with Gasteiger partial charge in [-0.1, -0.05) is 146 Å². The highest BCUT2D eigenvalue weighted by Gasteiger charge is 2.21. The third kappa shape index (κ3) is 4.68. The zero-order valence-electron chi connectivity index (χ0n) is 29.9. The van der Waals surface area contributed by atoms with Crippen molar-refractivity contribution in [2.24, 2.45) is 0 Å². The normalized spacial score (nSPS) is 11.9. The lowest BCUT2D eigenvalue weighted by Crippen LogP contribution is -2.00. The first-order valence-electron chi connectivity index (χ1n) is 18.8. The summed E-state index contributed by atoms with van der Waals surface area (Å²) in [4.78, 5) is 15.5. The average Bonchev–Trinajstić information content (AvgIpc) is 3.85. The lowest BCUT2D eigenvalue weighted by atomic mass is 9.91. The van der Waals surface area contributed by atoms with E-state index in [4.69, 9.17) is 19.4 Å². The van der Waals surface area contributed by atoms with Crippen molar-refractivity contribution in [1.29, 1.82) is 0 Å². The summed E-state index contributed by atoms with van der Waals surface area (Å²) in [7, 11) is 0. The minimum Gasteiger partial charge on any atom is -0.455 e. The average molecular weight is 732 g/mol. The molecule has 5 heteroatoms. The maximum absolute atomic E-state index is 6.82. The van der Waals surface area contributed by atoms with Gasteiger partial charge >= 0.3 is 0 Å². The molecule has 0 atom stereocenters. The second-order valence-electron chi connectivity index (χ2n) is 14.3. The van der Waals surface area contributed by atoms with Crippen LogP contribution in [-0.2, 0) is 0 Å². The second kappa shape index (κ2) is 12.2. The molecular formula is C51H29N3OS. The Balaban J connectivity index is 1.08. The van der Waals surface area contributed by atoms with Gasteiger partial charge in [-0.15, -0.1) is 11.3 Å². The predicted molar refractivity (Wildman–Crippen MR) is 234 cm³/mol. The maximum atomic E-state index is 6.82. The minimum atomic E-state index is 0.572. The molecule has 0 aliphatic heterocycles. The second-order valence-corrected chi connectivity index (χ2v) is 15.3. The number of furan rings is 1. The van der Waals surface area contributed by atoms with E-state index < -0.39 is 0 Å². The smallest absolute Gasteiger partial charge is 0.167 e. The summed E-state index contributed by atoms with van der Waals surface area (Å²) < 4.78 is 9.22. The van der Waals surface area contributed by atoms with Crippen LogP contribution in [0, 0.1) is 0 Å². The molecule has 260 valence electrons. The summed E-state index contributed by atoms with van der Waals surface area (Å²) in [6.07, 6.45) is 0. The van der Waals surface area contributed by atoms with Gasteiger partial charge in [0, 0.05) is 42.1 Å². The Kier molecular flexibility index (Phi) is 6.76. The molecule has 9 aromatic carbocycles. The van der Waals surface area contributed by atoms with E-state index in [1.807, 2.05) is 30.3 Å². The molecule has 12 aromatic rings. The fourth-order valence-corrected chi connectivity index (χ4v) is 9.81. The molecular weight excluding hydrogens is 703 g/mol. The lowest BCUT2D eigenvalue weighted by molar-refractivity contribution is 0.669. The van der Waals surface area contributed by atoms with Gasteiger partial charge in [0.15, 0.2) is 17.5 Å². The molecule has 0 radical (unpaired) electrons. The number of nitrogens with zero attached hydrogens (tertiary/aromatic N) is 3. The van der Waals surface area contributed by atoms with Crippen LogP contribution in [-0.4, -0.2) is 15.0 Å². The van der Waals surface area contributed by atoms with Gasteiger partial charge in [-0.05, 0) is 73.8 Å². The van der Waals surface area contributed by atoms with Crippen molar-refractivity contribution in [3.05, 3.63) is 176 Å². The molecule has 0 bridgehead atoms. The number of aromatic nitrogens is 3. The Morgan fingerprint density at radius 3 is 1.68 bits per heavy atom. The first-order chi connectivity index (χ1) is 27.8. The topological polar surface area (TPSA) is 51.8 Å². The highest BCUT2D eigenvalue weighted by atomic mass is 32.1. The van der Waals surface area contributed by atoms with Crippen LogP contribution in [0.5, 0.6) is 0 Å². The van der Waals surface area contributed by atoms with Gasteiger partial charge in [-0.25, -0.2) is 15.0 Å². The van der Waals surface area contributed by atoms with Crippen molar-refractivity contribution < 1.29 is 4.42 Å². The van der Waals surface area contributed by atoms with Crippen LogP contribution in [0.2, 0.25) is 0 Å². The molecule has 0 saturated carbocycles. The molecule has 0 amide bonds. The van der Waals surface area contributed by atoms with Crippen molar-refractivity contribution in [3.63, 3.8) is 0 Å². The van der Waals surface area contributed by atoms with Crippen LogP contribution < -0.4 is 0 Å². The molecule has 3 heterocycles. The highest BCUT2D eigenvalue weighted by Crippen LogP contribution is 2.44.